The van der Waals surface area contributed by atoms with E-state index in [1.807, 2.05) is 13.2 Å². The number of nitrogens with one attached hydrogen (secondary N) is 1. The van der Waals surface area contributed by atoms with Gasteiger partial charge in [0, 0.05) is 50.4 Å². The summed E-state index contributed by atoms with van der Waals surface area (Å²) >= 11 is 1.45. The van der Waals surface area contributed by atoms with Crippen molar-refractivity contribution >= 4 is 17.2 Å². The van der Waals surface area contributed by atoms with Crippen LogP contribution in [-0.4, -0.2) is 64.0 Å². The van der Waals surface area contributed by atoms with Crippen LogP contribution in [0.5, 0.6) is 0 Å². The van der Waals surface area contributed by atoms with Crippen LogP contribution in [0, 0.1) is 0 Å². The summed E-state index contributed by atoms with van der Waals surface area (Å²) in [6, 6.07) is 0. The molecule has 24 heavy (non-hydrogen) atoms. The lowest BCUT2D eigenvalue weighted by Crippen LogP contribution is -2.47. The highest BCUT2D eigenvalue weighted by atomic mass is 32.1. The number of carbonyl (C=O) groups excluding carboxylic acids is 1. The Labute approximate surface area is 145 Å². The predicted molar refractivity (Wildman–Crippen MR) is 93.1 cm³/mol. The number of aryl methyl sites for hydroxylation is 1. The van der Waals surface area contributed by atoms with Gasteiger partial charge >= 0.3 is 0 Å². The fraction of sp³-hybridized carbons (Fsp3) is 0.562. The highest BCUT2D eigenvalue weighted by Gasteiger charge is 2.22. The molecule has 1 N–H and O–H groups in total. The maximum Gasteiger partial charge on any atom is 0.270 e. The molecule has 0 aliphatic carbocycles. The first-order valence-corrected chi connectivity index (χ1v) is 9.00. The van der Waals surface area contributed by atoms with Crippen LogP contribution in [0.1, 0.15) is 24.3 Å². The molecule has 1 amide bonds. The van der Waals surface area contributed by atoms with E-state index in [1.54, 1.807) is 16.3 Å². The van der Waals surface area contributed by atoms with Crippen LogP contribution in [0.25, 0.3) is 10.6 Å². The smallest absolute Gasteiger partial charge is 0.270 e. The number of hydrogen-bond acceptors (Lipinski definition) is 6. The van der Waals surface area contributed by atoms with Gasteiger partial charge in [-0.3, -0.25) is 14.4 Å². The van der Waals surface area contributed by atoms with Gasteiger partial charge in [0.05, 0.1) is 18.4 Å². The largest absolute Gasteiger partial charge is 0.373 e. The Balaban J connectivity index is 1.50. The number of ether oxygens (including phenoxy) is 1. The van der Waals surface area contributed by atoms with Gasteiger partial charge in [-0.05, 0) is 13.8 Å². The maximum absolute atomic E-state index is 12.2. The van der Waals surface area contributed by atoms with Crippen molar-refractivity contribution in [2.45, 2.75) is 26.1 Å². The average Bonchev–Trinajstić information content (AvgIpc) is 3.14. The fourth-order valence-corrected chi connectivity index (χ4v) is 3.70. The van der Waals surface area contributed by atoms with Gasteiger partial charge in [0.1, 0.15) is 10.7 Å². The van der Waals surface area contributed by atoms with Crippen LogP contribution in [0.4, 0.5) is 0 Å². The molecule has 0 radical (unpaired) electrons. The predicted octanol–water partition coefficient (Wildman–Crippen LogP) is 1.38. The maximum atomic E-state index is 12.2. The molecule has 2 aromatic heterocycles. The molecule has 8 heteroatoms. The van der Waals surface area contributed by atoms with Crippen molar-refractivity contribution in [2.24, 2.45) is 7.05 Å². The molecule has 0 saturated carbocycles. The van der Waals surface area contributed by atoms with Crippen LogP contribution in [0.15, 0.2) is 17.8 Å². The van der Waals surface area contributed by atoms with Gasteiger partial charge in [-0.1, -0.05) is 0 Å². The van der Waals surface area contributed by atoms with Crippen molar-refractivity contribution in [1.29, 1.82) is 0 Å². The number of morpholine rings is 1. The van der Waals surface area contributed by atoms with E-state index >= 15 is 0 Å². The van der Waals surface area contributed by atoms with E-state index in [0.29, 0.717) is 12.2 Å². The molecule has 7 nitrogen and oxygen atoms in total. The van der Waals surface area contributed by atoms with Crippen molar-refractivity contribution in [3.05, 3.63) is 23.5 Å². The highest BCUT2D eigenvalue weighted by Crippen LogP contribution is 2.22. The van der Waals surface area contributed by atoms with E-state index in [0.717, 1.165) is 30.2 Å². The molecule has 1 aliphatic heterocycles. The molecule has 1 saturated heterocycles. The zero-order valence-electron chi connectivity index (χ0n) is 14.2. The summed E-state index contributed by atoms with van der Waals surface area (Å²) in [5.74, 6) is -0.129. The molecule has 3 heterocycles. The number of amides is 1. The first-order valence-electron chi connectivity index (χ1n) is 8.12. The van der Waals surface area contributed by atoms with Crippen molar-refractivity contribution in [3.8, 4) is 10.6 Å². The van der Waals surface area contributed by atoms with Crippen molar-refractivity contribution in [1.82, 2.24) is 25.0 Å². The number of aromatic nitrogens is 3. The first-order chi connectivity index (χ1) is 11.5. The summed E-state index contributed by atoms with van der Waals surface area (Å²) in [6.07, 6.45) is 4.12. The Morgan fingerprint density at radius 2 is 2.17 bits per heavy atom. The van der Waals surface area contributed by atoms with Gasteiger partial charge in [-0.15, -0.1) is 11.3 Å². The van der Waals surface area contributed by atoms with Gasteiger partial charge in [-0.2, -0.15) is 5.10 Å². The fourth-order valence-electron chi connectivity index (χ4n) is 2.93. The molecular weight excluding hydrogens is 326 g/mol. The Kier molecular flexibility index (Phi) is 5.27. The van der Waals surface area contributed by atoms with Gasteiger partial charge in [-0.25, -0.2) is 4.98 Å². The number of rotatable bonds is 5. The second-order valence-corrected chi connectivity index (χ2v) is 7.07. The number of nitrogens with zero attached hydrogens (tertiary/aromatic N) is 4. The first kappa shape index (κ1) is 17.1. The lowest BCUT2D eigenvalue weighted by molar-refractivity contribution is -0.0672. The summed E-state index contributed by atoms with van der Waals surface area (Å²) in [4.78, 5) is 19.0. The second-order valence-electron chi connectivity index (χ2n) is 6.21. The van der Waals surface area contributed by atoms with Crippen molar-refractivity contribution in [2.75, 3.05) is 26.2 Å². The van der Waals surface area contributed by atoms with Crippen molar-refractivity contribution < 1.29 is 9.53 Å². The van der Waals surface area contributed by atoms with E-state index in [-0.39, 0.29) is 18.1 Å². The van der Waals surface area contributed by atoms with E-state index in [1.165, 1.54) is 11.3 Å². The SMILES string of the molecule is C[C@@H]1CN(CCNC(=O)c2csc(-c3cnn(C)c3)n2)C[C@H](C)O1. The molecule has 130 valence electrons. The van der Waals surface area contributed by atoms with Gasteiger partial charge in [0.2, 0.25) is 0 Å². The lowest BCUT2D eigenvalue weighted by Gasteiger charge is -2.35. The minimum atomic E-state index is -0.129. The summed E-state index contributed by atoms with van der Waals surface area (Å²) in [5, 5.41) is 9.67. The molecular formula is C16H23N5O2S. The summed E-state index contributed by atoms with van der Waals surface area (Å²) in [5.41, 5.74) is 1.39. The monoisotopic (exact) mass is 349 g/mol. The molecule has 0 spiro atoms. The topological polar surface area (TPSA) is 72.3 Å². The quantitative estimate of drug-likeness (QED) is 0.883. The Morgan fingerprint density at radius 1 is 1.42 bits per heavy atom. The molecule has 0 aromatic carbocycles. The van der Waals surface area contributed by atoms with Crippen LogP contribution in [0.3, 0.4) is 0 Å². The molecule has 2 atom stereocenters. The average molecular weight is 349 g/mol. The molecule has 1 aliphatic rings. The molecule has 0 bridgehead atoms. The molecule has 2 aromatic rings. The normalized spacial score (nSPS) is 21.8. The van der Waals surface area contributed by atoms with Gasteiger partial charge in [0.25, 0.3) is 5.91 Å². The third-order valence-electron chi connectivity index (χ3n) is 3.90. The van der Waals surface area contributed by atoms with Crippen LogP contribution in [-0.2, 0) is 11.8 Å². The van der Waals surface area contributed by atoms with E-state index in [2.05, 4.69) is 34.1 Å². The third-order valence-corrected chi connectivity index (χ3v) is 4.79. The summed E-state index contributed by atoms with van der Waals surface area (Å²) in [7, 11) is 1.86. The van der Waals surface area contributed by atoms with Crippen molar-refractivity contribution in [3.63, 3.8) is 0 Å². The van der Waals surface area contributed by atoms with E-state index in [4.69, 9.17) is 4.74 Å². The molecule has 3 rings (SSSR count). The third kappa shape index (κ3) is 4.19. The zero-order valence-corrected chi connectivity index (χ0v) is 15.0. The Morgan fingerprint density at radius 3 is 2.83 bits per heavy atom. The van der Waals surface area contributed by atoms with Crippen LogP contribution < -0.4 is 5.32 Å². The van der Waals surface area contributed by atoms with Gasteiger partial charge in [0.15, 0.2) is 0 Å². The number of hydrogen-bond donors (Lipinski definition) is 1. The van der Waals surface area contributed by atoms with E-state index < -0.39 is 0 Å². The lowest BCUT2D eigenvalue weighted by atomic mass is 10.2. The summed E-state index contributed by atoms with van der Waals surface area (Å²) < 4.78 is 7.44. The van der Waals surface area contributed by atoms with Crippen LogP contribution >= 0.6 is 11.3 Å². The minimum absolute atomic E-state index is 0.129. The zero-order chi connectivity index (χ0) is 17.1. The molecule has 0 unspecified atom stereocenters. The highest BCUT2D eigenvalue weighted by molar-refractivity contribution is 7.13. The number of thiazole rings is 1. The Bertz CT molecular complexity index is 688. The van der Waals surface area contributed by atoms with Crippen LogP contribution in [0.2, 0.25) is 0 Å². The van der Waals surface area contributed by atoms with E-state index in [9.17, 15) is 4.79 Å². The standard InChI is InChI=1S/C16H23N5O2S/c1-11-7-21(8-12(2)23-11)5-4-17-15(22)14-10-24-16(19-14)13-6-18-20(3)9-13/h6,9-12H,4-5,7-8H2,1-3H3,(H,17,22)/t11-,12+. The number of carbonyl (C=O) groups is 1. The Hall–Kier alpha value is -1.77. The van der Waals surface area contributed by atoms with Gasteiger partial charge < -0.3 is 10.1 Å². The second kappa shape index (κ2) is 7.42. The molecule has 1 fully saturated rings. The summed E-state index contributed by atoms with van der Waals surface area (Å²) in [6.45, 7) is 7.40. The minimum Gasteiger partial charge on any atom is -0.373 e.